The van der Waals surface area contributed by atoms with Gasteiger partial charge in [-0.3, -0.25) is 0 Å². The van der Waals surface area contributed by atoms with Crippen LogP contribution >= 0.6 is 15.9 Å². The summed E-state index contributed by atoms with van der Waals surface area (Å²) in [6.45, 7) is 10.8. The van der Waals surface area contributed by atoms with Gasteiger partial charge >= 0.3 is 0 Å². The molecule has 2 rings (SSSR count). The molecule has 0 amide bonds. The van der Waals surface area contributed by atoms with Crippen LogP contribution in [0.5, 0.6) is 5.75 Å². The summed E-state index contributed by atoms with van der Waals surface area (Å²) in [6.07, 6.45) is 2.13. The van der Waals surface area contributed by atoms with Crippen LogP contribution in [-0.4, -0.2) is 13.2 Å². The maximum Gasteiger partial charge on any atom is 0.127 e. The highest BCUT2D eigenvalue weighted by Crippen LogP contribution is 2.40. The molecule has 1 aromatic carbocycles. The van der Waals surface area contributed by atoms with Crippen molar-refractivity contribution < 1.29 is 4.74 Å². The Balaban J connectivity index is 2.36. The van der Waals surface area contributed by atoms with Gasteiger partial charge in [0, 0.05) is 22.5 Å². The van der Waals surface area contributed by atoms with Crippen LogP contribution in [0.25, 0.3) is 0 Å². The summed E-state index contributed by atoms with van der Waals surface area (Å²) >= 11 is 3.63. The first-order chi connectivity index (χ1) is 8.90. The van der Waals surface area contributed by atoms with Crippen LogP contribution in [0.15, 0.2) is 16.6 Å². The van der Waals surface area contributed by atoms with Gasteiger partial charge in [-0.15, -0.1) is 0 Å². The smallest absolute Gasteiger partial charge is 0.127 e. The third-order valence-corrected chi connectivity index (χ3v) is 3.88. The van der Waals surface area contributed by atoms with Crippen molar-refractivity contribution >= 4 is 15.9 Å². The van der Waals surface area contributed by atoms with E-state index in [4.69, 9.17) is 4.74 Å². The van der Waals surface area contributed by atoms with E-state index < -0.39 is 0 Å². The van der Waals surface area contributed by atoms with Crippen LogP contribution in [-0.2, 0) is 6.42 Å². The second-order valence-corrected chi connectivity index (χ2v) is 7.37. The zero-order valence-corrected chi connectivity index (χ0v) is 13.9. The van der Waals surface area contributed by atoms with Crippen LogP contribution in [0.4, 0.5) is 0 Å². The number of halogens is 1. The summed E-state index contributed by atoms with van der Waals surface area (Å²) in [5, 5.41) is 3.61. The number of rotatable bonds is 4. The Bertz CT molecular complexity index is 451. The van der Waals surface area contributed by atoms with E-state index in [1.807, 2.05) is 0 Å². The number of hydrogen-bond acceptors (Lipinski definition) is 2. The van der Waals surface area contributed by atoms with Gasteiger partial charge in [0.1, 0.15) is 5.75 Å². The largest absolute Gasteiger partial charge is 0.493 e. The average Bonchev–Trinajstić information content (AvgIpc) is 2.73. The SMILES string of the molecule is CCNC(CC(C)(C)C)c1cc(Br)cc2c1OCC2. The molecular formula is C16H24BrNO. The summed E-state index contributed by atoms with van der Waals surface area (Å²) in [7, 11) is 0. The molecule has 106 valence electrons. The average molecular weight is 326 g/mol. The molecule has 1 N–H and O–H groups in total. The maximum absolute atomic E-state index is 5.87. The second kappa shape index (κ2) is 5.84. The van der Waals surface area contributed by atoms with Gasteiger partial charge in [-0.2, -0.15) is 0 Å². The Morgan fingerprint density at radius 2 is 2.11 bits per heavy atom. The van der Waals surface area contributed by atoms with Gasteiger partial charge in [0.15, 0.2) is 0 Å². The standard InChI is InChI=1S/C16H24BrNO/c1-5-18-14(10-16(2,3)4)13-9-12(17)8-11-6-7-19-15(11)13/h8-9,14,18H,5-7,10H2,1-4H3. The lowest BCUT2D eigenvalue weighted by Crippen LogP contribution is -2.26. The Morgan fingerprint density at radius 3 is 2.74 bits per heavy atom. The molecule has 1 aromatic rings. The molecule has 3 heteroatoms. The minimum Gasteiger partial charge on any atom is -0.493 e. The van der Waals surface area contributed by atoms with Crippen molar-refractivity contribution in [3.63, 3.8) is 0 Å². The fourth-order valence-electron chi connectivity index (χ4n) is 2.71. The van der Waals surface area contributed by atoms with Crippen LogP contribution in [0.2, 0.25) is 0 Å². The lowest BCUT2D eigenvalue weighted by atomic mass is 9.84. The molecule has 1 unspecified atom stereocenters. The molecule has 1 heterocycles. The number of benzene rings is 1. The molecule has 2 nitrogen and oxygen atoms in total. The molecule has 1 aliphatic heterocycles. The molecule has 0 aliphatic carbocycles. The first-order valence-corrected chi connectivity index (χ1v) is 7.88. The topological polar surface area (TPSA) is 21.3 Å². The van der Waals surface area contributed by atoms with Gasteiger partial charge in [0.05, 0.1) is 6.61 Å². The Hall–Kier alpha value is -0.540. The minimum atomic E-state index is 0.292. The van der Waals surface area contributed by atoms with E-state index in [0.717, 1.165) is 36.2 Å². The molecule has 19 heavy (non-hydrogen) atoms. The number of hydrogen-bond donors (Lipinski definition) is 1. The van der Waals surface area contributed by atoms with E-state index in [1.54, 1.807) is 0 Å². The van der Waals surface area contributed by atoms with Crippen molar-refractivity contribution in [1.29, 1.82) is 0 Å². The number of nitrogens with one attached hydrogen (secondary N) is 1. The van der Waals surface area contributed by atoms with Crippen molar-refractivity contribution in [2.75, 3.05) is 13.2 Å². The van der Waals surface area contributed by atoms with Gasteiger partial charge in [0.2, 0.25) is 0 Å². The molecule has 0 aromatic heterocycles. The van der Waals surface area contributed by atoms with Crippen molar-refractivity contribution in [3.8, 4) is 5.75 Å². The lowest BCUT2D eigenvalue weighted by Gasteiger charge is -2.28. The molecule has 1 atom stereocenters. The first-order valence-electron chi connectivity index (χ1n) is 7.09. The maximum atomic E-state index is 5.87. The summed E-state index contributed by atoms with van der Waals surface area (Å²) in [5.41, 5.74) is 2.93. The summed E-state index contributed by atoms with van der Waals surface area (Å²) in [5.74, 6) is 1.11. The van der Waals surface area contributed by atoms with E-state index in [-0.39, 0.29) is 0 Å². The third-order valence-electron chi connectivity index (χ3n) is 3.42. The van der Waals surface area contributed by atoms with Gasteiger partial charge < -0.3 is 10.1 Å². The molecule has 0 fully saturated rings. The first kappa shape index (κ1) is 14.9. The summed E-state index contributed by atoms with van der Waals surface area (Å²) < 4.78 is 7.02. The number of fused-ring (bicyclic) bond motifs is 1. The highest BCUT2D eigenvalue weighted by Gasteiger charge is 2.26. The molecule has 0 bridgehead atoms. The zero-order valence-electron chi connectivity index (χ0n) is 12.3. The van der Waals surface area contributed by atoms with E-state index in [0.29, 0.717) is 11.5 Å². The normalized spacial score (nSPS) is 16.1. The Kier molecular flexibility index (Phi) is 4.57. The van der Waals surface area contributed by atoms with E-state index in [2.05, 4.69) is 61.1 Å². The van der Waals surface area contributed by atoms with Gasteiger partial charge in [-0.25, -0.2) is 0 Å². The van der Waals surface area contributed by atoms with Crippen LogP contribution in [0.1, 0.15) is 51.3 Å². The minimum absolute atomic E-state index is 0.292. The zero-order chi connectivity index (χ0) is 14.0. The van der Waals surface area contributed by atoms with E-state index in [1.165, 1.54) is 11.1 Å². The van der Waals surface area contributed by atoms with Gasteiger partial charge in [-0.1, -0.05) is 43.6 Å². The Labute approximate surface area is 125 Å². The molecule has 0 saturated heterocycles. The number of ether oxygens (including phenoxy) is 1. The van der Waals surface area contributed by atoms with Crippen molar-refractivity contribution in [2.24, 2.45) is 5.41 Å². The van der Waals surface area contributed by atoms with Crippen molar-refractivity contribution in [1.82, 2.24) is 5.32 Å². The van der Waals surface area contributed by atoms with Crippen molar-refractivity contribution in [2.45, 2.75) is 46.6 Å². The molecule has 0 saturated carbocycles. The second-order valence-electron chi connectivity index (χ2n) is 6.46. The molecule has 0 spiro atoms. The Morgan fingerprint density at radius 1 is 1.37 bits per heavy atom. The molecule has 0 radical (unpaired) electrons. The lowest BCUT2D eigenvalue weighted by molar-refractivity contribution is 0.302. The van der Waals surface area contributed by atoms with Crippen LogP contribution in [0, 0.1) is 5.41 Å². The van der Waals surface area contributed by atoms with Crippen LogP contribution in [0.3, 0.4) is 0 Å². The van der Waals surface area contributed by atoms with Gasteiger partial charge in [0.25, 0.3) is 0 Å². The fourth-order valence-corrected chi connectivity index (χ4v) is 3.23. The van der Waals surface area contributed by atoms with E-state index in [9.17, 15) is 0 Å². The molecular weight excluding hydrogens is 302 g/mol. The predicted molar refractivity (Wildman–Crippen MR) is 83.8 cm³/mol. The summed E-state index contributed by atoms with van der Waals surface area (Å²) in [6, 6.07) is 4.75. The third kappa shape index (κ3) is 3.73. The highest BCUT2D eigenvalue weighted by molar-refractivity contribution is 9.10. The predicted octanol–water partition coefficient (Wildman–Crippen LogP) is 4.47. The summed E-state index contributed by atoms with van der Waals surface area (Å²) in [4.78, 5) is 0. The fraction of sp³-hybridized carbons (Fsp3) is 0.625. The van der Waals surface area contributed by atoms with Gasteiger partial charge in [-0.05, 0) is 36.1 Å². The quantitative estimate of drug-likeness (QED) is 0.881. The van der Waals surface area contributed by atoms with Crippen LogP contribution < -0.4 is 10.1 Å². The van der Waals surface area contributed by atoms with Crippen molar-refractivity contribution in [3.05, 3.63) is 27.7 Å². The molecule has 1 aliphatic rings. The highest BCUT2D eigenvalue weighted by atomic mass is 79.9. The van der Waals surface area contributed by atoms with E-state index >= 15 is 0 Å². The monoisotopic (exact) mass is 325 g/mol.